The number of halogens is 1. The molecular formula is C10H20FN. The van der Waals surface area contributed by atoms with E-state index in [0.29, 0.717) is 6.54 Å². The van der Waals surface area contributed by atoms with E-state index in [-0.39, 0.29) is 0 Å². The normalized spacial score (nSPS) is 23.0. The van der Waals surface area contributed by atoms with Crippen LogP contribution in [-0.4, -0.2) is 30.2 Å². The second-order valence-corrected chi connectivity index (χ2v) is 4.68. The maximum Gasteiger partial charge on any atom is 0.118 e. The molecule has 2 heteroatoms. The quantitative estimate of drug-likeness (QED) is 0.620. The zero-order valence-electron chi connectivity index (χ0n) is 8.44. The van der Waals surface area contributed by atoms with Crippen molar-refractivity contribution in [3.63, 3.8) is 0 Å². The summed E-state index contributed by atoms with van der Waals surface area (Å²) in [6.45, 7) is 8.34. The van der Waals surface area contributed by atoms with Gasteiger partial charge >= 0.3 is 0 Å². The predicted octanol–water partition coefficient (Wildman–Crippen LogP) is 2.47. The van der Waals surface area contributed by atoms with Gasteiger partial charge in [0, 0.05) is 6.54 Å². The first-order valence-corrected chi connectivity index (χ1v) is 4.89. The fourth-order valence-electron chi connectivity index (χ4n) is 1.75. The van der Waals surface area contributed by atoms with Crippen LogP contribution in [0.3, 0.4) is 0 Å². The Labute approximate surface area is 74.9 Å². The molecule has 0 aromatic carbocycles. The number of nitrogens with zero attached hydrogens (tertiary/aromatic N) is 1. The van der Waals surface area contributed by atoms with Crippen LogP contribution < -0.4 is 0 Å². The molecule has 0 radical (unpaired) electrons. The van der Waals surface area contributed by atoms with Gasteiger partial charge in [-0.2, -0.15) is 0 Å². The Morgan fingerprint density at radius 1 is 1.33 bits per heavy atom. The maximum absolute atomic E-state index is 13.2. The lowest BCUT2D eigenvalue weighted by Crippen LogP contribution is -2.40. The van der Waals surface area contributed by atoms with E-state index in [9.17, 15) is 4.39 Å². The Bertz CT molecular complexity index is 131. The van der Waals surface area contributed by atoms with Crippen molar-refractivity contribution in [3.05, 3.63) is 0 Å². The van der Waals surface area contributed by atoms with Gasteiger partial charge in [-0.25, -0.2) is 4.39 Å². The van der Waals surface area contributed by atoms with Gasteiger partial charge in [0.05, 0.1) is 0 Å². The molecule has 72 valence electrons. The van der Waals surface area contributed by atoms with Crippen LogP contribution in [0.25, 0.3) is 0 Å². The molecule has 0 aromatic heterocycles. The summed E-state index contributed by atoms with van der Waals surface area (Å²) in [5.74, 6) is 0.837. The molecule has 1 rings (SSSR count). The van der Waals surface area contributed by atoms with Gasteiger partial charge in [-0.05, 0) is 45.7 Å². The molecule has 0 spiro atoms. The minimum atomic E-state index is -1.03. The van der Waals surface area contributed by atoms with E-state index >= 15 is 0 Å². The fraction of sp³-hybridized carbons (Fsp3) is 1.00. The second kappa shape index (κ2) is 3.73. The average molecular weight is 173 g/mol. The van der Waals surface area contributed by atoms with Crippen LogP contribution >= 0.6 is 0 Å². The molecule has 1 heterocycles. The van der Waals surface area contributed by atoms with Gasteiger partial charge in [0.15, 0.2) is 0 Å². The highest BCUT2D eigenvalue weighted by Crippen LogP contribution is 2.19. The van der Waals surface area contributed by atoms with Gasteiger partial charge in [0.2, 0.25) is 0 Å². The van der Waals surface area contributed by atoms with E-state index in [0.717, 1.165) is 19.0 Å². The average Bonchev–Trinajstić information content (AvgIpc) is 1.91. The molecule has 1 nitrogen and oxygen atoms in total. The molecule has 0 aromatic rings. The van der Waals surface area contributed by atoms with Gasteiger partial charge in [-0.15, -0.1) is 0 Å². The number of piperidine rings is 1. The van der Waals surface area contributed by atoms with Crippen molar-refractivity contribution in [3.8, 4) is 0 Å². The minimum absolute atomic E-state index is 0.597. The summed E-state index contributed by atoms with van der Waals surface area (Å²) in [6.07, 6.45) is 2.46. The van der Waals surface area contributed by atoms with E-state index < -0.39 is 5.67 Å². The molecule has 12 heavy (non-hydrogen) atoms. The Morgan fingerprint density at radius 2 is 1.83 bits per heavy atom. The molecule has 1 saturated heterocycles. The third kappa shape index (κ3) is 3.53. The molecule has 1 aliphatic heterocycles. The first kappa shape index (κ1) is 9.97. The first-order valence-electron chi connectivity index (χ1n) is 4.89. The van der Waals surface area contributed by atoms with Crippen LogP contribution in [0.5, 0.6) is 0 Å². The van der Waals surface area contributed by atoms with Gasteiger partial charge in [-0.1, -0.05) is 6.92 Å². The standard InChI is InChI=1S/C10H20FN/c1-9-4-6-12(7-5-9)8-10(2,3)11/h9H,4-8H2,1-3H3. The highest BCUT2D eigenvalue weighted by Gasteiger charge is 2.23. The van der Waals surface area contributed by atoms with Crippen LogP contribution in [0, 0.1) is 5.92 Å². The zero-order valence-corrected chi connectivity index (χ0v) is 8.44. The van der Waals surface area contributed by atoms with Crippen LogP contribution in [0.1, 0.15) is 33.6 Å². The highest BCUT2D eigenvalue weighted by atomic mass is 19.1. The maximum atomic E-state index is 13.2. The van der Waals surface area contributed by atoms with Crippen molar-refractivity contribution in [2.45, 2.75) is 39.3 Å². The lowest BCUT2D eigenvalue weighted by Gasteiger charge is -2.33. The summed E-state index contributed by atoms with van der Waals surface area (Å²) >= 11 is 0. The summed E-state index contributed by atoms with van der Waals surface area (Å²) in [5.41, 5.74) is -1.03. The van der Waals surface area contributed by atoms with Crippen LogP contribution in [0.4, 0.5) is 4.39 Å². The number of likely N-dealkylation sites (tertiary alicyclic amines) is 1. The van der Waals surface area contributed by atoms with E-state index in [1.807, 2.05) is 0 Å². The Kier molecular flexibility index (Phi) is 3.10. The molecule has 0 bridgehead atoms. The van der Waals surface area contributed by atoms with E-state index in [1.165, 1.54) is 12.8 Å². The summed E-state index contributed by atoms with van der Waals surface area (Å²) in [7, 11) is 0. The second-order valence-electron chi connectivity index (χ2n) is 4.68. The lowest BCUT2D eigenvalue weighted by molar-refractivity contribution is 0.0986. The van der Waals surface area contributed by atoms with Crippen LogP contribution in [-0.2, 0) is 0 Å². The van der Waals surface area contributed by atoms with E-state index in [1.54, 1.807) is 13.8 Å². The molecule has 0 saturated carbocycles. The fourth-order valence-corrected chi connectivity index (χ4v) is 1.75. The summed E-state index contributed by atoms with van der Waals surface area (Å²) in [4.78, 5) is 2.24. The van der Waals surface area contributed by atoms with Crippen molar-refractivity contribution in [2.24, 2.45) is 5.92 Å². The monoisotopic (exact) mass is 173 g/mol. The van der Waals surface area contributed by atoms with Gasteiger partial charge in [0.25, 0.3) is 0 Å². The molecule has 0 unspecified atom stereocenters. The molecule has 0 N–H and O–H groups in total. The summed E-state index contributed by atoms with van der Waals surface area (Å²) < 4.78 is 13.2. The van der Waals surface area contributed by atoms with Crippen LogP contribution in [0.2, 0.25) is 0 Å². The van der Waals surface area contributed by atoms with Crippen molar-refractivity contribution in [1.29, 1.82) is 0 Å². The van der Waals surface area contributed by atoms with Gasteiger partial charge in [0.1, 0.15) is 5.67 Å². The number of alkyl halides is 1. The minimum Gasteiger partial charge on any atom is -0.300 e. The summed E-state index contributed by atoms with van der Waals surface area (Å²) in [6, 6.07) is 0. The molecule has 1 aliphatic rings. The van der Waals surface area contributed by atoms with Gasteiger partial charge < -0.3 is 4.90 Å². The smallest absolute Gasteiger partial charge is 0.118 e. The number of rotatable bonds is 2. The molecule has 0 aliphatic carbocycles. The Morgan fingerprint density at radius 3 is 2.25 bits per heavy atom. The third-order valence-corrected chi connectivity index (χ3v) is 2.48. The number of hydrogen-bond donors (Lipinski definition) is 0. The Balaban J connectivity index is 2.26. The lowest BCUT2D eigenvalue weighted by atomic mass is 9.98. The SMILES string of the molecule is CC1CCN(CC(C)(C)F)CC1. The van der Waals surface area contributed by atoms with Crippen LogP contribution in [0.15, 0.2) is 0 Å². The molecule has 0 atom stereocenters. The van der Waals surface area contributed by atoms with E-state index in [2.05, 4.69) is 11.8 Å². The van der Waals surface area contributed by atoms with Crippen molar-refractivity contribution < 1.29 is 4.39 Å². The predicted molar refractivity (Wildman–Crippen MR) is 50.0 cm³/mol. The van der Waals surface area contributed by atoms with Crippen molar-refractivity contribution in [2.75, 3.05) is 19.6 Å². The molecule has 0 amide bonds. The largest absolute Gasteiger partial charge is 0.300 e. The first-order chi connectivity index (χ1) is 5.47. The molecular weight excluding hydrogens is 153 g/mol. The molecule has 1 fully saturated rings. The van der Waals surface area contributed by atoms with Crippen molar-refractivity contribution >= 4 is 0 Å². The topological polar surface area (TPSA) is 3.24 Å². The zero-order chi connectivity index (χ0) is 9.19. The van der Waals surface area contributed by atoms with Crippen molar-refractivity contribution in [1.82, 2.24) is 4.90 Å². The van der Waals surface area contributed by atoms with E-state index in [4.69, 9.17) is 0 Å². The van der Waals surface area contributed by atoms with Gasteiger partial charge in [-0.3, -0.25) is 0 Å². The number of hydrogen-bond acceptors (Lipinski definition) is 1. The summed E-state index contributed by atoms with van der Waals surface area (Å²) in [5, 5.41) is 0. The Hall–Kier alpha value is -0.110. The third-order valence-electron chi connectivity index (χ3n) is 2.48. The highest BCUT2D eigenvalue weighted by molar-refractivity contribution is 4.76.